The summed E-state index contributed by atoms with van der Waals surface area (Å²) in [6, 6.07) is 8.12. The number of benzene rings is 1. The zero-order valence-electron chi connectivity index (χ0n) is 42.9. The predicted molar refractivity (Wildman–Crippen MR) is 278 cm³/mol. The summed E-state index contributed by atoms with van der Waals surface area (Å²) in [5.41, 5.74) is 13.8. The SMILES string of the molecule is CCCCNC(=O)NCc1ccc(CN2C(=O)C(CCC3CCCCC3)(CC3CCCCC3)N=C2N)cc1.C[C@@H](C1CCCCC1)N1C(=O)[C@@](CCC2CCCCC2)(CC2CCCCC2)N=C1N. The van der Waals surface area contributed by atoms with E-state index < -0.39 is 11.1 Å². The number of amides is 4. The Morgan fingerprint density at radius 2 is 1.06 bits per heavy atom. The van der Waals surface area contributed by atoms with Crippen LogP contribution in [0.25, 0.3) is 0 Å². The molecule has 5 saturated carbocycles. The van der Waals surface area contributed by atoms with Crippen molar-refractivity contribution in [3.63, 3.8) is 0 Å². The lowest BCUT2D eigenvalue weighted by Gasteiger charge is -2.37. The molecule has 0 bridgehead atoms. The Kier molecular flexibility index (Phi) is 20.0. The van der Waals surface area contributed by atoms with Crippen LogP contribution in [0.2, 0.25) is 0 Å². The fraction of sp³-hybridized carbons (Fsp3) is 0.807. The van der Waals surface area contributed by atoms with E-state index in [0.717, 1.165) is 74.3 Å². The molecule has 11 heteroatoms. The summed E-state index contributed by atoms with van der Waals surface area (Å²) >= 11 is 0. The smallest absolute Gasteiger partial charge is 0.315 e. The van der Waals surface area contributed by atoms with Crippen molar-refractivity contribution in [3.05, 3.63) is 35.4 Å². The van der Waals surface area contributed by atoms with Crippen molar-refractivity contribution >= 4 is 29.8 Å². The number of urea groups is 1. The molecular weight excluding hydrogens is 845 g/mol. The molecule has 8 rings (SSSR count). The summed E-state index contributed by atoms with van der Waals surface area (Å²) in [4.78, 5) is 53.6. The van der Waals surface area contributed by atoms with Crippen LogP contribution in [-0.4, -0.2) is 63.2 Å². The van der Waals surface area contributed by atoms with Gasteiger partial charge in [-0.2, -0.15) is 0 Å². The van der Waals surface area contributed by atoms with Crippen LogP contribution < -0.4 is 22.1 Å². The summed E-state index contributed by atoms with van der Waals surface area (Å²) in [6.07, 6.45) is 40.4. The quantitative estimate of drug-likeness (QED) is 0.102. The molecule has 0 saturated heterocycles. The van der Waals surface area contributed by atoms with Crippen LogP contribution >= 0.6 is 0 Å². The number of aliphatic imine (C=N–C) groups is 2. The first kappa shape index (κ1) is 52.2. The Hall–Kier alpha value is -3.63. The highest BCUT2D eigenvalue weighted by Crippen LogP contribution is 2.44. The van der Waals surface area contributed by atoms with Gasteiger partial charge in [0.05, 0.1) is 6.54 Å². The Balaban J connectivity index is 0.000000207. The minimum atomic E-state index is -0.682. The fourth-order valence-corrected chi connectivity index (χ4v) is 13.6. The van der Waals surface area contributed by atoms with Gasteiger partial charge in [-0.25, -0.2) is 14.8 Å². The summed E-state index contributed by atoms with van der Waals surface area (Å²) in [5, 5.41) is 5.77. The standard InChI is InChI=1S/C31H49N5O2.C26H45N3O/c1-2-3-20-33-30(38)34-22-26-14-16-27(17-15-26)23-36-28(37)31(35-29(36)32,21-25-12-8-5-9-13-25)19-18-24-10-6-4-7-11-24;1-20(23-15-9-4-10-16-23)29-24(30)26(28-25(29)27,19-22-13-7-3-8-14-22)18-17-21-11-5-2-6-12-21/h14-17,24-25H,2-13,18-23H2,1H3,(H2,32,35)(H2,33,34,38);20-23H,2-19H2,1H3,(H2,27,28)/t;20-,26+/m.0/s1. The van der Waals surface area contributed by atoms with Gasteiger partial charge in [-0.1, -0.05) is 185 Å². The molecule has 1 aromatic carbocycles. The van der Waals surface area contributed by atoms with Crippen molar-refractivity contribution in [2.45, 2.75) is 256 Å². The molecule has 6 N–H and O–H groups in total. The molecule has 0 radical (unpaired) electrons. The van der Waals surface area contributed by atoms with Crippen LogP contribution in [0, 0.1) is 29.6 Å². The number of unbranched alkanes of at least 4 members (excludes halogenated alkanes) is 1. The first-order valence-corrected chi connectivity index (χ1v) is 28.5. The maximum Gasteiger partial charge on any atom is 0.315 e. The molecule has 5 fully saturated rings. The van der Waals surface area contributed by atoms with Crippen LogP contribution in [0.15, 0.2) is 34.3 Å². The number of carbonyl (C=O) groups excluding carboxylic acids is 3. The van der Waals surface area contributed by atoms with Gasteiger partial charge in [-0.05, 0) is 105 Å². The average Bonchev–Trinajstić information content (AvgIpc) is 3.75. The Bertz CT molecular complexity index is 1790. The van der Waals surface area contributed by atoms with E-state index in [-0.39, 0.29) is 23.9 Å². The van der Waals surface area contributed by atoms with Gasteiger partial charge in [-0.15, -0.1) is 0 Å². The van der Waals surface area contributed by atoms with Crippen LogP contribution in [0.3, 0.4) is 0 Å². The highest BCUT2D eigenvalue weighted by molar-refractivity contribution is 6.07. The van der Waals surface area contributed by atoms with Crippen LogP contribution in [0.4, 0.5) is 4.79 Å². The highest BCUT2D eigenvalue weighted by atomic mass is 16.2. The molecule has 11 nitrogen and oxygen atoms in total. The fourth-order valence-electron chi connectivity index (χ4n) is 13.6. The van der Waals surface area contributed by atoms with Crippen molar-refractivity contribution in [1.82, 2.24) is 20.4 Å². The van der Waals surface area contributed by atoms with Gasteiger partial charge in [0.1, 0.15) is 11.1 Å². The molecule has 2 aliphatic heterocycles. The van der Waals surface area contributed by atoms with Crippen LogP contribution in [0.1, 0.15) is 237 Å². The number of rotatable bonds is 19. The highest BCUT2D eigenvalue weighted by Gasteiger charge is 2.51. The first-order chi connectivity index (χ1) is 33.1. The summed E-state index contributed by atoms with van der Waals surface area (Å²) < 4.78 is 0. The van der Waals surface area contributed by atoms with E-state index in [1.807, 2.05) is 29.2 Å². The van der Waals surface area contributed by atoms with E-state index in [1.54, 1.807) is 4.90 Å². The second-order valence-electron chi connectivity index (χ2n) is 23.0. The van der Waals surface area contributed by atoms with Gasteiger partial charge in [0.25, 0.3) is 11.8 Å². The van der Waals surface area contributed by atoms with E-state index in [9.17, 15) is 14.4 Å². The zero-order chi connectivity index (χ0) is 47.8. The van der Waals surface area contributed by atoms with Crippen molar-refractivity contribution in [2.75, 3.05) is 6.54 Å². The normalized spacial score (nSPS) is 26.6. The third kappa shape index (κ3) is 14.3. The summed E-state index contributed by atoms with van der Waals surface area (Å²) in [5.74, 6) is 4.57. The topological polar surface area (TPSA) is 159 Å². The lowest BCUT2D eigenvalue weighted by molar-refractivity contribution is -0.135. The molecule has 380 valence electrons. The van der Waals surface area contributed by atoms with Crippen molar-refractivity contribution in [2.24, 2.45) is 51.0 Å². The van der Waals surface area contributed by atoms with Gasteiger partial charge in [0.2, 0.25) is 0 Å². The minimum Gasteiger partial charge on any atom is -0.369 e. The summed E-state index contributed by atoms with van der Waals surface area (Å²) in [7, 11) is 0. The maximum absolute atomic E-state index is 14.0. The van der Waals surface area contributed by atoms with Crippen LogP contribution in [0.5, 0.6) is 0 Å². The van der Waals surface area contributed by atoms with Gasteiger partial charge in [0, 0.05) is 19.1 Å². The molecule has 1 aromatic rings. The molecule has 2 heterocycles. The lowest BCUT2D eigenvalue weighted by Crippen LogP contribution is -2.51. The van der Waals surface area contributed by atoms with Gasteiger partial charge < -0.3 is 22.1 Å². The number of nitrogens with one attached hydrogen (secondary N) is 2. The average molecular weight is 939 g/mol. The van der Waals surface area contributed by atoms with Crippen molar-refractivity contribution in [3.8, 4) is 0 Å². The van der Waals surface area contributed by atoms with Gasteiger partial charge in [-0.3, -0.25) is 19.4 Å². The van der Waals surface area contributed by atoms with Crippen molar-refractivity contribution in [1.29, 1.82) is 0 Å². The first-order valence-electron chi connectivity index (χ1n) is 28.5. The Morgan fingerprint density at radius 1 is 0.618 bits per heavy atom. The van der Waals surface area contributed by atoms with Gasteiger partial charge in [0.15, 0.2) is 11.9 Å². The molecule has 4 amide bonds. The number of nitrogens with zero attached hydrogens (tertiary/aromatic N) is 4. The van der Waals surface area contributed by atoms with Crippen LogP contribution in [-0.2, 0) is 22.7 Å². The molecule has 0 aromatic heterocycles. The number of guanidine groups is 2. The number of carbonyl (C=O) groups is 3. The monoisotopic (exact) mass is 939 g/mol. The molecule has 68 heavy (non-hydrogen) atoms. The number of hydrogen-bond donors (Lipinski definition) is 4. The second-order valence-corrected chi connectivity index (χ2v) is 23.0. The molecule has 3 atom stereocenters. The minimum absolute atomic E-state index is 0.103. The molecule has 1 unspecified atom stereocenters. The predicted octanol–water partition coefficient (Wildman–Crippen LogP) is 12.2. The molecule has 0 spiro atoms. The largest absolute Gasteiger partial charge is 0.369 e. The van der Waals surface area contributed by atoms with E-state index in [4.69, 9.17) is 21.5 Å². The van der Waals surface area contributed by atoms with E-state index in [2.05, 4.69) is 24.5 Å². The lowest BCUT2D eigenvalue weighted by atomic mass is 9.75. The second kappa shape index (κ2) is 26.0. The zero-order valence-corrected chi connectivity index (χ0v) is 42.9. The Labute approximate surface area is 412 Å². The van der Waals surface area contributed by atoms with Gasteiger partial charge >= 0.3 is 6.03 Å². The molecule has 7 aliphatic rings. The summed E-state index contributed by atoms with van der Waals surface area (Å²) in [6.45, 7) is 5.93. The molecular formula is C57H94N8O3. The van der Waals surface area contributed by atoms with Crippen molar-refractivity contribution < 1.29 is 14.4 Å². The number of nitrogens with two attached hydrogens (primary N) is 2. The molecule has 5 aliphatic carbocycles. The maximum atomic E-state index is 14.0. The van der Waals surface area contributed by atoms with E-state index in [1.165, 1.54) is 161 Å². The van der Waals surface area contributed by atoms with E-state index >= 15 is 0 Å². The number of hydrogen-bond acceptors (Lipinski definition) is 7. The Morgan fingerprint density at radius 3 is 1.56 bits per heavy atom. The third-order valence-corrected chi connectivity index (χ3v) is 17.9. The third-order valence-electron chi connectivity index (χ3n) is 17.9. The van der Waals surface area contributed by atoms with E-state index in [0.29, 0.717) is 49.3 Å².